The number of hydrogen-bond donors (Lipinski definition) is 2. The Morgan fingerprint density at radius 2 is 1.57 bits per heavy atom. The van der Waals surface area contributed by atoms with Crippen molar-refractivity contribution in [3.05, 3.63) is 95.9 Å². The minimum atomic E-state index is -2.37. The first kappa shape index (κ1) is 25.3. The van der Waals surface area contributed by atoms with E-state index in [2.05, 4.69) is 5.32 Å². The summed E-state index contributed by atoms with van der Waals surface area (Å²) >= 11 is 0. The molecule has 0 atom stereocenters. The van der Waals surface area contributed by atoms with Crippen molar-refractivity contribution in [1.29, 1.82) is 0 Å². The molecule has 0 heterocycles. The van der Waals surface area contributed by atoms with Gasteiger partial charge in [0.1, 0.15) is 5.56 Å². The van der Waals surface area contributed by atoms with E-state index in [4.69, 9.17) is 0 Å². The monoisotopic (exact) mass is 466 g/mol. The van der Waals surface area contributed by atoms with Crippen molar-refractivity contribution in [2.24, 2.45) is 0 Å². The molecule has 0 spiro atoms. The number of carbonyl (C=O) groups is 2. The van der Waals surface area contributed by atoms with Crippen molar-refractivity contribution >= 4 is 11.8 Å². The van der Waals surface area contributed by atoms with E-state index in [0.717, 1.165) is 5.56 Å². The largest absolute Gasteiger partial charge is 2.00 e. The molecule has 0 bridgehead atoms. The summed E-state index contributed by atoms with van der Waals surface area (Å²) in [6, 6.07) is 6.94. The molecule has 30 heavy (non-hydrogen) atoms. The second-order valence-electron chi connectivity index (χ2n) is 5.66. The predicted molar refractivity (Wildman–Crippen MR) is 94.5 cm³/mol. The maximum atomic E-state index is 13.4. The van der Waals surface area contributed by atoms with Gasteiger partial charge in [-0.15, -0.1) is 12.8 Å². The third-order valence-electron chi connectivity index (χ3n) is 3.62. The van der Waals surface area contributed by atoms with Crippen LogP contribution in [0.4, 0.5) is 22.0 Å². The fraction of sp³-hybridized carbons (Fsp3) is 0.100. The van der Waals surface area contributed by atoms with Crippen molar-refractivity contribution in [1.82, 2.24) is 10.6 Å². The van der Waals surface area contributed by atoms with Crippen LogP contribution in [0.1, 0.15) is 15.9 Å². The summed E-state index contributed by atoms with van der Waals surface area (Å²) in [5.74, 6) is -13.7. The van der Waals surface area contributed by atoms with E-state index in [1.807, 2.05) is 31.4 Å². The van der Waals surface area contributed by atoms with Crippen molar-refractivity contribution in [3.8, 4) is 0 Å². The van der Waals surface area contributed by atoms with Gasteiger partial charge in [-0.25, -0.2) is 46.6 Å². The summed E-state index contributed by atoms with van der Waals surface area (Å²) in [7, 11) is 0. The Morgan fingerprint density at radius 3 is 2.03 bits per heavy atom. The van der Waals surface area contributed by atoms with Gasteiger partial charge in [0.15, 0.2) is 23.3 Å². The standard InChI is InChI=1S/C15H10F5N2O2.C5H5.Fe/c16-10-9(11(17)13(19)14(20)12(10)18)15(24)22-6-8(23)21-5-7-3-1-2-4-7;1-2-4-5-3-1;/h1-4H,5-6H2,(H,21,23)(H,22,24);1-5H;/q2*-1;+2. The van der Waals surface area contributed by atoms with Crippen LogP contribution >= 0.6 is 0 Å². The molecular weight excluding hydrogens is 451 g/mol. The molecule has 0 fully saturated rings. The molecule has 2 aromatic rings. The molecule has 2 aromatic carbocycles. The molecule has 2 amide bonds. The van der Waals surface area contributed by atoms with Crippen LogP contribution in [-0.2, 0) is 28.4 Å². The molecule has 2 N–H and O–H groups in total. The van der Waals surface area contributed by atoms with Gasteiger partial charge >= 0.3 is 17.1 Å². The maximum Gasteiger partial charge on any atom is 2.00 e. The molecule has 1 aliphatic rings. The third-order valence-corrected chi connectivity index (χ3v) is 3.62. The zero-order chi connectivity index (χ0) is 21.4. The number of benzene rings is 1. The SMILES string of the molecule is O=C(CNC(=O)c1c(F)c(F)c(F)c(F)c1F)NCc1cc[cH-]c1.[CH]1[CH][CH-]C=C1.[Fe+2]. The molecule has 10 heteroatoms. The molecule has 2 radical (unpaired) electrons. The van der Waals surface area contributed by atoms with Gasteiger partial charge in [0.05, 0.1) is 6.54 Å². The van der Waals surface area contributed by atoms with Gasteiger partial charge < -0.3 is 10.6 Å². The minimum Gasteiger partial charge on any atom is -0.363 e. The van der Waals surface area contributed by atoms with Crippen LogP contribution in [-0.4, -0.2) is 18.4 Å². The molecule has 3 rings (SSSR count). The first-order valence-corrected chi connectivity index (χ1v) is 8.26. The predicted octanol–water partition coefficient (Wildman–Crippen LogP) is 3.31. The number of carbonyl (C=O) groups excluding carboxylic acids is 2. The Balaban J connectivity index is 0.000000655. The van der Waals surface area contributed by atoms with Crippen LogP contribution in [0.5, 0.6) is 0 Å². The topological polar surface area (TPSA) is 58.2 Å². The van der Waals surface area contributed by atoms with Crippen LogP contribution in [0, 0.1) is 48.3 Å². The molecule has 0 saturated carbocycles. The number of amides is 2. The van der Waals surface area contributed by atoms with E-state index < -0.39 is 53.0 Å². The van der Waals surface area contributed by atoms with E-state index in [-0.39, 0.29) is 23.6 Å². The van der Waals surface area contributed by atoms with Gasteiger partial charge in [0.2, 0.25) is 11.7 Å². The summed E-state index contributed by atoms with van der Waals surface area (Å²) in [6.07, 6.45) is 10.0. The van der Waals surface area contributed by atoms with E-state index in [1.54, 1.807) is 29.6 Å². The average Bonchev–Trinajstić information content (AvgIpc) is 3.44. The van der Waals surface area contributed by atoms with Gasteiger partial charge in [0, 0.05) is 0 Å². The first-order valence-electron chi connectivity index (χ1n) is 8.26. The van der Waals surface area contributed by atoms with Crippen molar-refractivity contribution in [3.63, 3.8) is 0 Å². The number of halogens is 5. The van der Waals surface area contributed by atoms with Crippen LogP contribution < -0.4 is 10.6 Å². The summed E-state index contributed by atoms with van der Waals surface area (Å²) in [6.45, 7) is -0.538. The Kier molecular flexibility index (Phi) is 10.2. The summed E-state index contributed by atoms with van der Waals surface area (Å²) in [5.41, 5.74) is -0.857. The van der Waals surface area contributed by atoms with Gasteiger partial charge in [-0.3, -0.25) is 9.59 Å². The zero-order valence-corrected chi connectivity index (χ0v) is 16.3. The molecule has 1 aliphatic carbocycles. The number of allylic oxidation sites excluding steroid dienone is 2. The normalized spacial score (nSPS) is 11.6. The van der Waals surface area contributed by atoms with Crippen molar-refractivity contribution in [2.75, 3.05) is 6.54 Å². The van der Waals surface area contributed by atoms with Crippen LogP contribution in [0.15, 0.2) is 36.4 Å². The fourth-order valence-corrected chi connectivity index (χ4v) is 2.17. The van der Waals surface area contributed by atoms with Crippen molar-refractivity contribution < 1.29 is 48.6 Å². The number of rotatable bonds is 5. The van der Waals surface area contributed by atoms with Crippen LogP contribution in [0.2, 0.25) is 0 Å². The van der Waals surface area contributed by atoms with E-state index in [0.29, 0.717) is 0 Å². The average molecular weight is 466 g/mol. The number of nitrogens with one attached hydrogen (secondary N) is 2. The van der Waals surface area contributed by atoms with E-state index >= 15 is 0 Å². The van der Waals surface area contributed by atoms with Crippen LogP contribution in [0.3, 0.4) is 0 Å². The van der Waals surface area contributed by atoms with E-state index in [1.165, 1.54) is 0 Å². The van der Waals surface area contributed by atoms with Gasteiger partial charge in [-0.05, 0) is 6.54 Å². The van der Waals surface area contributed by atoms with Crippen molar-refractivity contribution in [2.45, 2.75) is 6.54 Å². The first-order chi connectivity index (χ1) is 13.8. The third kappa shape index (κ3) is 6.67. The molecular formula is C20H15F5FeN2O2. The fourth-order valence-electron chi connectivity index (χ4n) is 2.17. The minimum absolute atomic E-state index is 0. The Morgan fingerprint density at radius 1 is 0.933 bits per heavy atom. The van der Waals surface area contributed by atoms with Gasteiger partial charge in [-0.1, -0.05) is 0 Å². The summed E-state index contributed by atoms with van der Waals surface area (Å²) < 4.78 is 65.8. The molecule has 0 unspecified atom stereocenters. The Labute approximate surface area is 180 Å². The molecule has 0 aliphatic heterocycles. The Bertz CT molecular complexity index is 866. The second kappa shape index (κ2) is 12.1. The molecule has 4 nitrogen and oxygen atoms in total. The summed E-state index contributed by atoms with van der Waals surface area (Å²) in [5, 5.41) is 4.20. The second-order valence-corrected chi connectivity index (χ2v) is 5.66. The molecule has 0 saturated heterocycles. The zero-order valence-electron chi connectivity index (χ0n) is 15.2. The van der Waals surface area contributed by atoms with Gasteiger partial charge in [-0.2, -0.15) is 23.8 Å². The Hall–Kier alpha value is -2.71. The number of hydrogen-bond acceptors (Lipinski definition) is 2. The van der Waals surface area contributed by atoms with E-state index in [9.17, 15) is 31.5 Å². The molecule has 0 aromatic heterocycles. The molecule has 160 valence electrons. The maximum absolute atomic E-state index is 13.4. The smallest absolute Gasteiger partial charge is 0.363 e. The van der Waals surface area contributed by atoms with Gasteiger partial charge in [0.25, 0.3) is 5.91 Å². The van der Waals surface area contributed by atoms with Crippen LogP contribution in [0.25, 0.3) is 0 Å². The quantitative estimate of drug-likeness (QED) is 0.234. The summed E-state index contributed by atoms with van der Waals surface area (Å²) in [4.78, 5) is 23.1.